The maximum atomic E-state index is 5.67. The van der Waals surface area contributed by atoms with Crippen LogP contribution in [0.1, 0.15) is 11.9 Å². The third-order valence-corrected chi connectivity index (χ3v) is 2.17. The summed E-state index contributed by atoms with van der Waals surface area (Å²) in [7, 11) is 0. The molecule has 0 atom stereocenters. The van der Waals surface area contributed by atoms with E-state index in [9.17, 15) is 0 Å². The molecule has 1 heterocycles. The molecule has 1 aromatic heterocycles. The Hall–Kier alpha value is -0.120. The summed E-state index contributed by atoms with van der Waals surface area (Å²) >= 11 is 7.19. The van der Waals surface area contributed by atoms with Crippen LogP contribution in [0.4, 0.5) is 0 Å². The summed E-state index contributed by atoms with van der Waals surface area (Å²) in [5, 5.41) is 4.22. The van der Waals surface area contributed by atoms with Crippen LogP contribution in [-0.4, -0.2) is 11.5 Å². The largest absolute Gasteiger partial charge is 0.311 e. The number of nitrogens with zero attached hydrogens (tertiary/aromatic N) is 1. The predicted molar refractivity (Wildman–Crippen MR) is 44.5 cm³/mol. The molecule has 10 heavy (non-hydrogen) atoms. The second-order valence-electron chi connectivity index (χ2n) is 1.84. The third-order valence-electron chi connectivity index (χ3n) is 1.05. The first-order chi connectivity index (χ1) is 4.83. The van der Waals surface area contributed by atoms with Crippen molar-refractivity contribution in [3.8, 4) is 0 Å². The summed E-state index contributed by atoms with van der Waals surface area (Å²) in [6, 6.07) is 0. The predicted octanol–water partition coefficient (Wildman–Crippen LogP) is 1.91. The Labute approximate surface area is 69.2 Å². The van der Waals surface area contributed by atoms with Crippen LogP contribution in [0.25, 0.3) is 0 Å². The topological polar surface area (TPSA) is 24.9 Å². The number of halogens is 1. The van der Waals surface area contributed by atoms with Crippen molar-refractivity contribution >= 4 is 22.9 Å². The van der Waals surface area contributed by atoms with Gasteiger partial charge < -0.3 is 5.32 Å². The molecule has 0 saturated carbocycles. The lowest BCUT2D eigenvalue weighted by molar-refractivity contribution is 0.722. The zero-order chi connectivity index (χ0) is 7.40. The van der Waals surface area contributed by atoms with Crippen LogP contribution in [0, 0.1) is 0 Å². The van der Waals surface area contributed by atoms with Crippen LogP contribution in [0.5, 0.6) is 0 Å². The van der Waals surface area contributed by atoms with Gasteiger partial charge in [0.2, 0.25) is 0 Å². The molecule has 1 aromatic rings. The first-order valence-electron chi connectivity index (χ1n) is 3.14. The van der Waals surface area contributed by atoms with Gasteiger partial charge in [-0.3, -0.25) is 0 Å². The van der Waals surface area contributed by atoms with Crippen molar-refractivity contribution in [3.05, 3.63) is 15.5 Å². The molecule has 56 valence electrons. The van der Waals surface area contributed by atoms with Gasteiger partial charge in [0.05, 0.1) is 6.20 Å². The van der Waals surface area contributed by atoms with Crippen molar-refractivity contribution in [2.75, 3.05) is 6.54 Å². The number of aromatic nitrogens is 1. The van der Waals surface area contributed by atoms with E-state index in [-0.39, 0.29) is 0 Å². The fourth-order valence-electron chi connectivity index (χ4n) is 0.602. The van der Waals surface area contributed by atoms with Crippen LogP contribution in [-0.2, 0) is 6.54 Å². The molecule has 0 bridgehead atoms. The molecule has 0 aliphatic heterocycles. The van der Waals surface area contributed by atoms with Crippen molar-refractivity contribution < 1.29 is 0 Å². The van der Waals surface area contributed by atoms with Crippen molar-refractivity contribution in [2.45, 2.75) is 13.5 Å². The van der Waals surface area contributed by atoms with E-state index in [0.29, 0.717) is 0 Å². The Bertz CT molecular complexity index is 199. The normalized spacial score (nSPS) is 10.2. The van der Waals surface area contributed by atoms with Crippen LogP contribution in [0.3, 0.4) is 0 Å². The van der Waals surface area contributed by atoms with Crippen LogP contribution in [0.15, 0.2) is 6.20 Å². The summed E-state index contributed by atoms with van der Waals surface area (Å²) in [5.74, 6) is 0. The van der Waals surface area contributed by atoms with Gasteiger partial charge in [0.25, 0.3) is 0 Å². The summed E-state index contributed by atoms with van der Waals surface area (Å²) in [6.45, 7) is 3.86. The van der Waals surface area contributed by atoms with Crippen LogP contribution < -0.4 is 5.32 Å². The number of hydrogen-bond acceptors (Lipinski definition) is 3. The zero-order valence-corrected chi connectivity index (χ0v) is 7.30. The SMILES string of the molecule is CCNCc1ncc(Cl)s1. The molecule has 4 heteroatoms. The van der Waals surface area contributed by atoms with Gasteiger partial charge in [-0.05, 0) is 6.54 Å². The van der Waals surface area contributed by atoms with E-state index in [2.05, 4.69) is 17.2 Å². The Balaban J connectivity index is 2.42. The highest BCUT2D eigenvalue weighted by atomic mass is 35.5. The molecule has 1 rings (SSSR count). The zero-order valence-electron chi connectivity index (χ0n) is 5.72. The Kier molecular flexibility index (Phi) is 3.12. The first-order valence-corrected chi connectivity index (χ1v) is 4.33. The summed E-state index contributed by atoms with van der Waals surface area (Å²) < 4.78 is 0.757. The molecule has 0 spiro atoms. The van der Waals surface area contributed by atoms with Gasteiger partial charge in [0.1, 0.15) is 9.34 Å². The summed E-state index contributed by atoms with van der Waals surface area (Å²) in [5.41, 5.74) is 0. The average Bonchev–Trinajstić information content (AvgIpc) is 2.31. The quantitative estimate of drug-likeness (QED) is 0.761. The van der Waals surface area contributed by atoms with Crippen LogP contribution >= 0.6 is 22.9 Å². The van der Waals surface area contributed by atoms with E-state index < -0.39 is 0 Å². The highest BCUT2D eigenvalue weighted by Gasteiger charge is 1.96. The van der Waals surface area contributed by atoms with Gasteiger partial charge in [-0.1, -0.05) is 18.5 Å². The molecule has 0 unspecified atom stereocenters. The van der Waals surface area contributed by atoms with E-state index in [1.165, 1.54) is 11.3 Å². The third kappa shape index (κ3) is 2.25. The molecule has 0 radical (unpaired) electrons. The smallest absolute Gasteiger partial charge is 0.113 e. The fourth-order valence-corrected chi connectivity index (χ4v) is 1.53. The summed E-state index contributed by atoms with van der Waals surface area (Å²) in [4.78, 5) is 4.08. The maximum absolute atomic E-state index is 5.67. The van der Waals surface area contributed by atoms with Gasteiger partial charge in [0.15, 0.2) is 0 Å². The van der Waals surface area contributed by atoms with Crippen molar-refractivity contribution in [2.24, 2.45) is 0 Å². The minimum Gasteiger partial charge on any atom is -0.311 e. The van der Waals surface area contributed by atoms with E-state index in [1.54, 1.807) is 6.20 Å². The van der Waals surface area contributed by atoms with Gasteiger partial charge in [-0.2, -0.15) is 0 Å². The van der Waals surface area contributed by atoms with E-state index in [1.807, 2.05) is 0 Å². The van der Waals surface area contributed by atoms with Crippen molar-refractivity contribution in [3.63, 3.8) is 0 Å². The molecular formula is C6H9ClN2S. The fraction of sp³-hybridized carbons (Fsp3) is 0.500. The van der Waals surface area contributed by atoms with E-state index >= 15 is 0 Å². The number of nitrogens with one attached hydrogen (secondary N) is 1. The highest BCUT2D eigenvalue weighted by molar-refractivity contribution is 7.15. The molecule has 0 aliphatic carbocycles. The molecule has 1 N–H and O–H groups in total. The van der Waals surface area contributed by atoms with E-state index in [0.717, 1.165) is 22.4 Å². The standard InChI is InChI=1S/C6H9ClN2S/c1-2-8-4-6-9-3-5(7)10-6/h3,8H,2,4H2,1H3. The van der Waals surface area contributed by atoms with Crippen LogP contribution in [0.2, 0.25) is 4.34 Å². The molecule has 0 aromatic carbocycles. The molecule has 0 amide bonds. The monoisotopic (exact) mass is 176 g/mol. The number of rotatable bonds is 3. The minimum absolute atomic E-state index is 0.757. The van der Waals surface area contributed by atoms with Gasteiger partial charge >= 0.3 is 0 Å². The lowest BCUT2D eigenvalue weighted by Crippen LogP contribution is -2.11. The number of thiazole rings is 1. The summed E-state index contributed by atoms with van der Waals surface area (Å²) in [6.07, 6.45) is 1.68. The van der Waals surface area contributed by atoms with Gasteiger partial charge in [-0.15, -0.1) is 11.3 Å². The second kappa shape index (κ2) is 3.91. The second-order valence-corrected chi connectivity index (χ2v) is 3.58. The number of hydrogen-bond donors (Lipinski definition) is 1. The molecular weight excluding hydrogens is 168 g/mol. The van der Waals surface area contributed by atoms with Gasteiger partial charge in [-0.25, -0.2) is 4.98 Å². The maximum Gasteiger partial charge on any atom is 0.113 e. The average molecular weight is 177 g/mol. The van der Waals surface area contributed by atoms with Crippen molar-refractivity contribution in [1.82, 2.24) is 10.3 Å². The Morgan fingerprint density at radius 3 is 3.10 bits per heavy atom. The van der Waals surface area contributed by atoms with E-state index in [4.69, 9.17) is 11.6 Å². The highest BCUT2D eigenvalue weighted by Crippen LogP contribution is 2.17. The molecule has 0 fully saturated rings. The van der Waals surface area contributed by atoms with Gasteiger partial charge in [0, 0.05) is 6.54 Å². The minimum atomic E-state index is 0.757. The lowest BCUT2D eigenvalue weighted by Gasteiger charge is -1.93. The lowest BCUT2D eigenvalue weighted by atomic mass is 10.6. The first kappa shape index (κ1) is 7.98. The Morgan fingerprint density at radius 2 is 2.60 bits per heavy atom. The molecule has 0 saturated heterocycles. The Morgan fingerprint density at radius 1 is 1.80 bits per heavy atom. The molecule has 0 aliphatic rings. The molecule has 2 nitrogen and oxygen atoms in total. The van der Waals surface area contributed by atoms with Crippen molar-refractivity contribution in [1.29, 1.82) is 0 Å².